The smallest absolute Gasteiger partial charge is 0.317 e. The number of hydrogen-bond donors (Lipinski definition) is 2. The van der Waals surface area contributed by atoms with Gasteiger partial charge in [-0.15, -0.1) is 0 Å². The summed E-state index contributed by atoms with van der Waals surface area (Å²) in [5.74, 6) is -1.11. The van der Waals surface area contributed by atoms with E-state index in [1.165, 1.54) is 28.9 Å². The van der Waals surface area contributed by atoms with Gasteiger partial charge in [0.25, 0.3) is 11.8 Å². The van der Waals surface area contributed by atoms with Crippen molar-refractivity contribution in [3.05, 3.63) is 29.3 Å². The van der Waals surface area contributed by atoms with E-state index in [0.717, 1.165) is 25.7 Å². The van der Waals surface area contributed by atoms with Crippen LogP contribution in [0.2, 0.25) is 0 Å². The van der Waals surface area contributed by atoms with Crippen LogP contribution in [-0.2, 0) is 10.0 Å². The molecule has 2 aliphatic heterocycles. The van der Waals surface area contributed by atoms with Crippen LogP contribution in [0.15, 0.2) is 23.1 Å². The fourth-order valence-corrected chi connectivity index (χ4v) is 5.55. The first-order chi connectivity index (χ1) is 13.9. The van der Waals surface area contributed by atoms with Gasteiger partial charge in [-0.25, -0.2) is 13.2 Å². The summed E-state index contributed by atoms with van der Waals surface area (Å²) in [5, 5.41) is 5.21. The average molecular weight is 420 g/mol. The van der Waals surface area contributed by atoms with Gasteiger partial charge in [-0.3, -0.25) is 14.9 Å². The molecule has 1 saturated carbocycles. The molecule has 2 fully saturated rings. The molecule has 29 heavy (non-hydrogen) atoms. The number of nitrogens with one attached hydrogen (secondary N) is 2. The summed E-state index contributed by atoms with van der Waals surface area (Å²) >= 11 is 0. The molecule has 0 atom stereocenters. The van der Waals surface area contributed by atoms with Crippen LogP contribution in [0.4, 0.5) is 4.79 Å². The van der Waals surface area contributed by atoms with Crippen LogP contribution in [0, 0.1) is 0 Å². The van der Waals surface area contributed by atoms with Gasteiger partial charge < -0.3 is 10.2 Å². The number of carbonyl (C=O) groups excluding carboxylic acids is 3. The van der Waals surface area contributed by atoms with Crippen molar-refractivity contribution in [2.75, 3.05) is 26.2 Å². The maximum Gasteiger partial charge on any atom is 0.317 e. The third-order valence-electron chi connectivity index (χ3n) is 5.80. The maximum atomic E-state index is 13.0. The molecule has 1 aromatic rings. The molecule has 1 saturated heterocycles. The molecule has 1 aromatic carbocycles. The third-order valence-corrected chi connectivity index (χ3v) is 7.70. The van der Waals surface area contributed by atoms with Crippen molar-refractivity contribution in [1.82, 2.24) is 19.8 Å². The van der Waals surface area contributed by atoms with E-state index in [9.17, 15) is 22.8 Å². The maximum absolute atomic E-state index is 13.0. The number of rotatable bonds is 3. The van der Waals surface area contributed by atoms with Crippen LogP contribution >= 0.6 is 0 Å². The summed E-state index contributed by atoms with van der Waals surface area (Å²) in [6.07, 6.45) is 5.45. The average Bonchev–Trinajstić information content (AvgIpc) is 3.02. The van der Waals surface area contributed by atoms with Gasteiger partial charge in [-0.05, 0) is 31.0 Å². The van der Waals surface area contributed by atoms with Crippen molar-refractivity contribution in [2.24, 2.45) is 0 Å². The number of urea groups is 1. The summed E-state index contributed by atoms with van der Waals surface area (Å²) in [7, 11) is -3.82. The molecule has 9 nitrogen and oxygen atoms in total. The van der Waals surface area contributed by atoms with E-state index in [4.69, 9.17) is 0 Å². The van der Waals surface area contributed by atoms with Gasteiger partial charge in [-0.1, -0.05) is 19.3 Å². The molecule has 2 heterocycles. The van der Waals surface area contributed by atoms with Crippen LogP contribution in [-0.4, -0.2) is 67.7 Å². The Morgan fingerprint density at radius 2 is 1.62 bits per heavy atom. The minimum Gasteiger partial charge on any atom is -0.335 e. The van der Waals surface area contributed by atoms with Gasteiger partial charge in [0.05, 0.1) is 16.0 Å². The fourth-order valence-electron chi connectivity index (χ4n) is 4.10. The van der Waals surface area contributed by atoms with E-state index in [0.29, 0.717) is 13.1 Å². The van der Waals surface area contributed by atoms with Gasteiger partial charge in [0, 0.05) is 32.2 Å². The van der Waals surface area contributed by atoms with Crippen molar-refractivity contribution in [3.63, 3.8) is 0 Å². The number of benzene rings is 1. The molecule has 3 aliphatic rings. The van der Waals surface area contributed by atoms with Gasteiger partial charge in [0.1, 0.15) is 0 Å². The molecule has 156 valence electrons. The number of carbonyl (C=O) groups is 3. The Labute approximate surface area is 169 Å². The Morgan fingerprint density at radius 1 is 0.966 bits per heavy atom. The number of fused-ring (bicyclic) bond motifs is 1. The van der Waals surface area contributed by atoms with E-state index in [1.54, 1.807) is 4.90 Å². The standard InChI is InChI=1S/C19H24N4O5S/c24-17-15-7-6-14(12-16(15)18(25)21-17)29(27,28)23-10-8-22(9-11-23)19(26)20-13-4-2-1-3-5-13/h6-7,12-13H,1-5,8-11H2,(H,20,26)(H,21,24,25). The zero-order valence-electron chi connectivity index (χ0n) is 16.0. The quantitative estimate of drug-likeness (QED) is 0.706. The Hall–Kier alpha value is -2.46. The number of piperazine rings is 1. The number of hydrogen-bond acceptors (Lipinski definition) is 5. The topological polar surface area (TPSA) is 116 Å². The number of sulfonamides is 1. The van der Waals surface area contributed by atoms with Gasteiger partial charge >= 0.3 is 6.03 Å². The van der Waals surface area contributed by atoms with Crippen LogP contribution in [0.3, 0.4) is 0 Å². The molecule has 4 rings (SSSR count). The molecular formula is C19H24N4O5S. The Balaban J connectivity index is 1.40. The highest BCUT2D eigenvalue weighted by Crippen LogP contribution is 2.24. The van der Waals surface area contributed by atoms with Crippen molar-refractivity contribution in [2.45, 2.75) is 43.0 Å². The highest BCUT2D eigenvalue weighted by atomic mass is 32.2. The minimum absolute atomic E-state index is 0.0267. The molecular weight excluding hydrogens is 396 g/mol. The van der Waals surface area contributed by atoms with E-state index in [2.05, 4.69) is 10.6 Å². The summed E-state index contributed by atoms with van der Waals surface area (Å²) < 4.78 is 27.2. The molecule has 0 bridgehead atoms. The van der Waals surface area contributed by atoms with E-state index < -0.39 is 21.8 Å². The van der Waals surface area contributed by atoms with E-state index in [1.807, 2.05) is 0 Å². The highest BCUT2D eigenvalue weighted by Gasteiger charge is 2.33. The second-order valence-electron chi connectivity index (χ2n) is 7.67. The molecule has 2 N–H and O–H groups in total. The minimum atomic E-state index is -3.82. The summed E-state index contributed by atoms with van der Waals surface area (Å²) in [5.41, 5.74) is 0.250. The Kier molecular flexibility index (Phi) is 5.30. The van der Waals surface area contributed by atoms with Crippen molar-refractivity contribution in [1.29, 1.82) is 0 Å². The van der Waals surface area contributed by atoms with Crippen LogP contribution in [0.1, 0.15) is 52.8 Å². The molecule has 0 spiro atoms. The zero-order valence-corrected chi connectivity index (χ0v) is 16.8. The van der Waals surface area contributed by atoms with Crippen molar-refractivity contribution < 1.29 is 22.8 Å². The lowest BCUT2D eigenvalue weighted by Crippen LogP contribution is -2.54. The third kappa shape index (κ3) is 3.86. The van der Waals surface area contributed by atoms with Crippen LogP contribution in [0.25, 0.3) is 0 Å². The van der Waals surface area contributed by atoms with Gasteiger partial charge in [-0.2, -0.15) is 4.31 Å². The monoisotopic (exact) mass is 420 g/mol. The zero-order chi connectivity index (χ0) is 20.6. The van der Waals surface area contributed by atoms with E-state index in [-0.39, 0.29) is 41.2 Å². The van der Waals surface area contributed by atoms with Gasteiger partial charge in [0.2, 0.25) is 10.0 Å². The normalized spacial score (nSPS) is 21.0. The predicted molar refractivity (Wildman–Crippen MR) is 104 cm³/mol. The Morgan fingerprint density at radius 3 is 2.31 bits per heavy atom. The molecule has 10 heteroatoms. The largest absolute Gasteiger partial charge is 0.335 e. The van der Waals surface area contributed by atoms with E-state index >= 15 is 0 Å². The van der Waals surface area contributed by atoms with Crippen molar-refractivity contribution in [3.8, 4) is 0 Å². The summed E-state index contributed by atoms with van der Waals surface area (Å²) in [6.45, 7) is 0.981. The first-order valence-corrected chi connectivity index (χ1v) is 11.4. The molecule has 4 amide bonds. The Bertz CT molecular complexity index is 947. The molecule has 0 radical (unpaired) electrons. The number of imide groups is 1. The lowest BCUT2D eigenvalue weighted by Gasteiger charge is -2.35. The second kappa shape index (κ2) is 7.75. The first-order valence-electron chi connectivity index (χ1n) is 9.91. The van der Waals surface area contributed by atoms with Crippen LogP contribution < -0.4 is 10.6 Å². The fraction of sp³-hybridized carbons (Fsp3) is 0.526. The van der Waals surface area contributed by atoms with Gasteiger partial charge in [0.15, 0.2) is 0 Å². The summed E-state index contributed by atoms with van der Waals surface area (Å²) in [4.78, 5) is 37.5. The number of amides is 4. The second-order valence-corrected chi connectivity index (χ2v) is 9.60. The summed E-state index contributed by atoms with van der Waals surface area (Å²) in [6, 6.07) is 4.01. The SMILES string of the molecule is O=C1NC(=O)c2cc(S(=O)(=O)N3CCN(C(=O)NC4CCCCC4)CC3)ccc21. The first kappa shape index (κ1) is 19.8. The predicted octanol–water partition coefficient (Wildman–Crippen LogP) is 0.919. The lowest BCUT2D eigenvalue weighted by molar-refractivity contribution is 0.0879. The molecule has 1 aliphatic carbocycles. The highest BCUT2D eigenvalue weighted by molar-refractivity contribution is 7.89. The van der Waals surface area contributed by atoms with Crippen LogP contribution in [0.5, 0.6) is 0 Å². The number of nitrogens with zero attached hydrogens (tertiary/aromatic N) is 2. The lowest BCUT2D eigenvalue weighted by atomic mass is 9.96. The molecule has 0 unspecified atom stereocenters. The molecule has 0 aromatic heterocycles. The van der Waals surface area contributed by atoms with Crippen molar-refractivity contribution >= 4 is 27.9 Å².